The lowest BCUT2D eigenvalue weighted by Gasteiger charge is -2.22. The summed E-state index contributed by atoms with van der Waals surface area (Å²) in [5.74, 6) is -1.12. The average molecular weight is 260 g/mol. The molecule has 1 aromatic rings. The largest absolute Gasteiger partial charge is 0.345 e. The van der Waals surface area contributed by atoms with Crippen molar-refractivity contribution >= 4 is 17.5 Å². The van der Waals surface area contributed by atoms with Crippen molar-refractivity contribution in [1.29, 1.82) is 0 Å². The number of anilines is 1. The van der Waals surface area contributed by atoms with Crippen molar-refractivity contribution in [2.45, 2.75) is 45.1 Å². The monoisotopic (exact) mass is 260 g/mol. The molecule has 0 radical (unpaired) electrons. The summed E-state index contributed by atoms with van der Waals surface area (Å²) >= 11 is 0. The fraction of sp³-hybridized carbons (Fsp3) is 0.467. The lowest BCUT2D eigenvalue weighted by molar-refractivity contribution is -0.136. The molecule has 2 amide bonds. The van der Waals surface area contributed by atoms with Gasteiger partial charge in [0.2, 0.25) is 0 Å². The zero-order valence-electron chi connectivity index (χ0n) is 11.2. The van der Waals surface area contributed by atoms with E-state index < -0.39 is 11.8 Å². The van der Waals surface area contributed by atoms with Gasteiger partial charge in [0.05, 0.1) is 0 Å². The first-order chi connectivity index (χ1) is 9.16. The first-order valence-electron chi connectivity index (χ1n) is 6.84. The summed E-state index contributed by atoms with van der Waals surface area (Å²) in [5.41, 5.74) is 1.63. The molecule has 1 aromatic carbocycles. The van der Waals surface area contributed by atoms with Crippen molar-refractivity contribution in [2.75, 3.05) is 5.32 Å². The Bertz CT molecular complexity index is 465. The summed E-state index contributed by atoms with van der Waals surface area (Å²) in [6, 6.07) is 7.58. The van der Waals surface area contributed by atoms with Crippen LogP contribution in [0.5, 0.6) is 0 Å². The predicted molar refractivity (Wildman–Crippen MR) is 74.8 cm³/mol. The standard InChI is InChI=1S/C15H20N2O2/c1-11-7-5-6-10-13(11)17-15(19)14(18)16-12-8-3-2-4-9-12/h5-7,10,12H,2-4,8-9H2,1H3,(H,16,18)(H,17,19). The number of carbonyl (C=O) groups excluding carboxylic acids is 2. The normalized spacial score (nSPS) is 15.8. The lowest BCUT2D eigenvalue weighted by Crippen LogP contribution is -2.42. The Balaban J connectivity index is 1.89. The molecule has 0 heterocycles. The Morgan fingerprint density at radius 3 is 2.42 bits per heavy atom. The molecule has 1 aliphatic carbocycles. The Kier molecular flexibility index (Phi) is 4.55. The van der Waals surface area contributed by atoms with Crippen LogP contribution in [0.1, 0.15) is 37.7 Å². The molecule has 102 valence electrons. The van der Waals surface area contributed by atoms with Gasteiger partial charge in [-0.3, -0.25) is 9.59 Å². The number of nitrogens with one attached hydrogen (secondary N) is 2. The molecule has 0 spiro atoms. The highest BCUT2D eigenvalue weighted by atomic mass is 16.2. The van der Waals surface area contributed by atoms with Gasteiger partial charge in [-0.25, -0.2) is 0 Å². The molecule has 0 atom stereocenters. The highest BCUT2D eigenvalue weighted by Gasteiger charge is 2.20. The van der Waals surface area contributed by atoms with Gasteiger partial charge in [0.15, 0.2) is 0 Å². The number of hydrogen-bond donors (Lipinski definition) is 2. The summed E-state index contributed by atoms with van der Waals surface area (Å²) in [6.45, 7) is 1.90. The molecule has 0 saturated heterocycles. The van der Waals surface area contributed by atoms with Crippen LogP contribution in [0.15, 0.2) is 24.3 Å². The minimum atomic E-state index is -0.583. The van der Waals surface area contributed by atoms with Crippen molar-refractivity contribution in [3.8, 4) is 0 Å². The van der Waals surface area contributed by atoms with E-state index in [4.69, 9.17) is 0 Å². The second-order valence-corrected chi connectivity index (χ2v) is 5.08. The van der Waals surface area contributed by atoms with Crippen LogP contribution >= 0.6 is 0 Å². The molecule has 0 bridgehead atoms. The molecule has 1 saturated carbocycles. The van der Waals surface area contributed by atoms with Gasteiger partial charge >= 0.3 is 11.8 Å². The van der Waals surface area contributed by atoms with Crippen LogP contribution in [0.25, 0.3) is 0 Å². The molecular formula is C15H20N2O2. The fourth-order valence-corrected chi connectivity index (χ4v) is 2.39. The van der Waals surface area contributed by atoms with Crippen molar-refractivity contribution in [2.24, 2.45) is 0 Å². The third-order valence-electron chi connectivity index (χ3n) is 3.54. The Morgan fingerprint density at radius 1 is 1.05 bits per heavy atom. The quantitative estimate of drug-likeness (QED) is 0.802. The molecule has 0 aromatic heterocycles. The van der Waals surface area contributed by atoms with Crippen LogP contribution in [0.4, 0.5) is 5.69 Å². The Labute approximate surface area is 113 Å². The van der Waals surface area contributed by atoms with Crippen molar-refractivity contribution < 1.29 is 9.59 Å². The van der Waals surface area contributed by atoms with Gasteiger partial charge in [0.25, 0.3) is 0 Å². The SMILES string of the molecule is Cc1ccccc1NC(=O)C(=O)NC1CCCCC1. The van der Waals surface area contributed by atoms with Crippen molar-refractivity contribution in [3.63, 3.8) is 0 Å². The van der Waals surface area contributed by atoms with E-state index in [2.05, 4.69) is 10.6 Å². The number of rotatable bonds is 2. The molecular weight excluding hydrogens is 240 g/mol. The van der Waals surface area contributed by atoms with E-state index in [-0.39, 0.29) is 6.04 Å². The molecule has 2 rings (SSSR count). The van der Waals surface area contributed by atoms with E-state index in [0.29, 0.717) is 5.69 Å². The summed E-state index contributed by atoms with van der Waals surface area (Å²) in [6.07, 6.45) is 5.43. The smallest absolute Gasteiger partial charge is 0.313 e. The van der Waals surface area contributed by atoms with E-state index in [0.717, 1.165) is 31.2 Å². The first kappa shape index (κ1) is 13.6. The molecule has 0 unspecified atom stereocenters. The van der Waals surface area contributed by atoms with Crippen LogP contribution in [0.3, 0.4) is 0 Å². The van der Waals surface area contributed by atoms with E-state index in [1.807, 2.05) is 25.1 Å². The van der Waals surface area contributed by atoms with Crippen LogP contribution < -0.4 is 10.6 Å². The van der Waals surface area contributed by atoms with Gasteiger partial charge in [0, 0.05) is 11.7 Å². The topological polar surface area (TPSA) is 58.2 Å². The van der Waals surface area contributed by atoms with E-state index >= 15 is 0 Å². The number of para-hydroxylation sites is 1. The summed E-state index contributed by atoms with van der Waals surface area (Å²) in [7, 11) is 0. The summed E-state index contributed by atoms with van der Waals surface area (Å²) in [5, 5.41) is 5.46. The number of amides is 2. The highest BCUT2D eigenvalue weighted by molar-refractivity contribution is 6.39. The molecule has 1 fully saturated rings. The predicted octanol–water partition coefficient (Wildman–Crippen LogP) is 2.38. The Morgan fingerprint density at radius 2 is 1.74 bits per heavy atom. The fourth-order valence-electron chi connectivity index (χ4n) is 2.39. The van der Waals surface area contributed by atoms with Gasteiger partial charge in [-0.1, -0.05) is 37.5 Å². The number of benzene rings is 1. The number of hydrogen-bond acceptors (Lipinski definition) is 2. The van der Waals surface area contributed by atoms with E-state index in [9.17, 15) is 9.59 Å². The zero-order valence-corrected chi connectivity index (χ0v) is 11.2. The number of aryl methyl sites for hydroxylation is 1. The summed E-state index contributed by atoms with van der Waals surface area (Å²) in [4.78, 5) is 23.6. The lowest BCUT2D eigenvalue weighted by atomic mass is 9.95. The van der Waals surface area contributed by atoms with Gasteiger partial charge in [0.1, 0.15) is 0 Å². The van der Waals surface area contributed by atoms with Crippen LogP contribution in [0, 0.1) is 6.92 Å². The van der Waals surface area contributed by atoms with Crippen LogP contribution in [0.2, 0.25) is 0 Å². The van der Waals surface area contributed by atoms with Gasteiger partial charge < -0.3 is 10.6 Å². The first-order valence-corrected chi connectivity index (χ1v) is 6.84. The molecule has 1 aliphatic rings. The van der Waals surface area contributed by atoms with Gasteiger partial charge in [-0.15, -0.1) is 0 Å². The molecule has 19 heavy (non-hydrogen) atoms. The van der Waals surface area contributed by atoms with Crippen LogP contribution in [-0.4, -0.2) is 17.9 Å². The van der Waals surface area contributed by atoms with Crippen LogP contribution in [-0.2, 0) is 9.59 Å². The molecule has 4 heteroatoms. The molecule has 0 aliphatic heterocycles. The second-order valence-electron chi connectivity index (χ2n) is 5.08. The molecule has 4 nitrogen and oxygen atoms in total. The van der Waals surface area contributed by atoms with Crippen molar-refractivity contribution in [3.05, 3.63) is 29.8 Å². The third kappa shape index (κ3) is 3.81. The minimum absolute atomic E-state index is 0.156. The zero-order chi connectivity index (χ0) is 13.7. The van der Waals surface area contributed by atoms with E-state index in [1.54, 1.807) is 6.07 Å². The van der Waals surface area contributed by atoms with Crippen molar-refractivity contribution in [1.82, 2.24) is 5.32 Å². The third-order valence-corrected chi connectivity index (χ3v) is 3.54. The van der Waals surface area contributed by atoms with Gasteiger partial charge in [-0.05, 0) is 31.4 Å². The molecule has 2 N–H and O–H groups in total. The maximum Gasteiger partial charge on any atom is 0.313 e. The maximum absolute atomic E-state index is 11.8. The Hall–Kier alpha value is -1.84. The highest BCUT2D eigenvalue weighted by Crippen LogP contribution is 2.17. The van der Waals surface area contributed by atoms with Gasteiger partial charge in [-0.2, -0.15) is 0 Å². The summed E-state index contributed by atoms with van der Waals surface area (Å²) < 4.78 is 0. The second kappa shape index (κ2) is 6.36. The maximum atomic E-state index is 11.8. The van der Waals surface area contributed by atoms with E-state index in [1.165, 1.54) is 6.42 Å². The minimum Gasteiger partial charge on any atom is -0.345 e. The number of carbonyl (C=O) groups is 2. The average Bonchev–Trinajstić information content (AvgIpc) is 2.42.